The molecule has 5 heteroatoms. The van der Waals surface area contributed by atoms with Crippen LogP contribution >= 0.6 is 11.6 Å². The van der Waals surface area contributed by atoms with Crippen molar-refractivity contribution in [3.63, 3.8) is 0 Å². The molecule has 0 bridgehead atoms. The Balaban J connectivity index is 2.27. The third-order valence-electron chi connectivity index (χ3n) is 2.47. The molecule has 0 aliphatic carbocycles. The van der Waals surface area contributed by atoms with Crippen molar-refractivity contribution >= 4 is 23.6 Å². The zero-order valence-electron chi connectivity index (χ0n) is 10.2. The fraction of sp³-hybridized carbons (Fsp3) is 0.0714. The second-order valence-electron chi connectivity index (χ2n) is 3.79. The summed E-state index contributed by atoms with van der Waals surface area (Å²) in [7, 11) is 1.56. The molecular formula is C14H12ClNO3. The summed E-state index contributed by atoms with van der Waals surface area (Å²) in [6.45, 7) is 0. The van der Waals surface area contributed by atoms with E-state index < -0.39 is 5.91 Å². The highest BCUT2D eigenvalue weighted by molar-refractivity contribution is 6.32. The molecule has 0 atom stereocenters. The summed E-state index contributed by atoms with van der Waals surface area (Å²) in [5.74, 6) is 1.27. The predicted molar refractivity (Wildman–Crippen MR) is 73.9 cm³/mol. The van der Waals surface area contributed by atoms with Gasteiger partial charge in [0.15, 0.2) is 0 Å². The molecule has 0 saturated heterocycles. The SMILES string of the molecule is COc1ccc(-c2ccc(/C=C/C(N)=O)o2)cc1Cl. The van der Waals surface area contributed by atoms with Crippen molar-refractivity contribution in [2.45, 2.75) is 0 Å². The van der Waals surface area contributed by atoms with Crippen molar-refractivity contribution in [3.05, 3.63) is 47.2 Å². The molecule has 19 heavy (non-hydrogen) atoms. The zero-order valence-corrected chi connectivity index (χ0v) is 11.0. The van der Waals surface area contributed by atoms with Gasteiger partial charge in [-0.05, 0) is 36.4 Å². The van der Waals surface area contributed by atoms with Gasteiger partial charge in [-0.25, -0.2) is 0 Å². The van der Waals surface area contributed by atoms with E-state index >= 15 is 0 Å². The molecule has 1 aromatic carbocycles. The number of benzene rings is 1. The van der Waals surface area contributed by atoms with E-state index in [1.165, 1.54) is 12.2 Å². The number of carbonyl (C=O) groups is 1. The van der Waals surface area contributed by atoms with Gasteiger partial charge in [0.05, 0.1) is 12.1 Å². The lowest BCUT2D eigenvalue weighted by Crippen LogP contribution is -2.04. The fourth-order valence-corrected chi connectivity index (χ4v) is 1.84. The van der Waals surface area contributed by atoms with Crippen molar-refractivity contribution in [1.29, 1.82) is 0 Å². The molecule has 2 rings (SSSR count). The van der Waals surface area contributed by atoms with E-state index in [-0.39, 0.29) is 0 Å². The van der Waals surface area contributed by atoms with E-state index in [9.17, 15) is 4.79 Å². The van der Waals surface area contributed by atoms with Crippen LogP contribution in [0.3, 0.4) is 0 Å². The van der Waals surface area contributed by atoms with Gasteiger partial charge in [-0.2, -0.15) is 0 Å². The van der Waals surface area contributed by atoms with Gasteiger partial charge in [0.2, 0.25) is 5.91 Å². The first-order chi connectivity index (χ1) is 9.10. The van der Waals surface area contributed by atoms with E-state index in [0.29, 0.717) is 22.3 Å². The molecule has 0 fully saturated rings. The number of ether oxygens (including phenoxy) is 1. The Hall–Kier alpha value is -2.20. The Morgan fingerprint density at radius 2 is 2.16 bits per heavy atom. The number of amides is 1. The summed E-state index contributed by atoms with van der Waals surface area (Å²) >= 11 is 6.05. The molecule has 4 nitrogen and oxygen atoms in total. The van der Waals surface area contributed by atoms with Crippen LogP contribution in [0.15, 0.2) is 40.8 Å². The second-order valence-corrected chi connectivity index (χ2v) is 4.19. The van der Waals surface area contributed by atoms with Crippen LogP contribution in [0.5, 0.6) is 5.75 Å². The van der Waals surface area contributed by atoms with Gasteiger partial charge in [-0.1, -0.05) is 11.6 Å². The number of hydrogen-bond acceptors (Lipinski definition) is 3. The van der Waals surface area contributed by atoms with Gasteiger partial charge >= 0.3 is 0 Å². The third kappa shape index (κ3) is 3.17. The minimum absolute atomic E-state index is 0.505. The molecule has 0 spiro atoms. The molecular weight excluding hydrogens is 266 g/mol. The van der Waals surface area contributed by atoms with Gasteiger partial charge in [-0.3, -0.25) is 4.79 Å². The van der Waals surface area contributed by atoms with Crippen LogP contribution in [0.4, 0.5) is 0 Å². The maximum absolute atomic E-state index is 10.6. The first kappa shape index (κ1) is 13.2. The monoisotopic (exact) mass is 277 g/mol. The lowest BCUT2D eigenvalue weighted by atomic mass is 10.2. The van der Waals surface area contributed by atoms with Crippen LogP contribution in [0.25, 0.3) is 17.4 Å². The molecule has 2 aromatic rings. The van der Waals surface area contributed by atoms with E-state index in [2.05, 4.69) is 0 Å². The highest BCUT2D eigenvalue weighted by atomic mass is 35.5. The molecule has 1 aromatic heterocycles. The first-order valence-electron chi connectivity index (χ1n) is 5.51. The van der Waals surface area contributed by atoms with E-state index in [1.54, 1.807) is 31.4 Å². The van der Waals surface area contributed by atoms with Crippen LogP contribution < -0.4 is 10.5 Å². The fourth-order valence-electron chi connectivity index (χ4n) is 1.58. The van der Waals surface area contributed by atoms with Gasteiger partial charge in [0, 0.05) is 11.6 Å². The number of furan rings is 1. The van der Waals surface area contributed by atoms with E-state index in [4.69, 9.17) is 26.5 Å². The second kappa shape index (κ2) is 5.63. The summed E-state index contributed by atoms with van der Waals surface area (Å²) in [5.41, 5.74) is 5.83. The quantitative estimate of drug-likeness (QED) is 0.873. The minimum Gasteiger partial charge on any atom is -0.495 e. The Labute approximate surface area is 115 Å². The molecule has 2 N–H and O–H groups in total. The number of primary amides is 1. The van der Waals surface area contributed by atoms with Crippen LogP contribution in [-0.2, 0) is 4.79 Å². The molecule has 0 radical (unpaired) electrons. The minimum atomic E-state index is -0.523. The molecule has 0 saturated carbocycles. The van der Waals surface area contributed by atoms with Crippen LogP contribution in [0, 0.1) is 0 Å². The van der Waals surface area contributed by atoms with Crippen LogP contribution in [0.2, 0.25) is 5.02 Å². The van der Waals surface area contributed by atoms with Gasteiger partial charge < -0.3 is 14.9 Å². The lowest BCUT2D eigenvalue weighted by Gasteiger charge is -2.04. The average Bonchev–Trinajstić information content (AvgIpc) is 2.85. The Morgan fingerprint density at radius 3 is 2.79 bits per heavy atom. The Morgan fingerprint density at radius 1 is 1.37 bits per heavy atom. The number of rotatable bonds is 4. The van der Waals surface area contributed by atoms with Crippen molar-refractivity contribution < 1.29 is 13.9 Å². The summed E-state index contributed by atoms with van der Waals surface area (Å²) in [4.78, 5) is 10.6. The van der Waals surface area contributed by atoms with E-state index in [1.807, 2.05) is 6.07 Å². The number of halogens is 1. The topological polar surface area (TPSA) is 65.5 Å². The molecule has 1 heterocycles. The zero-order chi connectivity index (χ0) is 13.8. The van der Waals surface area contributed by atoms with Crippen molar-refractivity contribution in [2.24, 2.45) is 5.73 Å². The molecule has 0 aliphatic heterocycles. The number of methoxy groups -OCH3 is 1. The largest absolute Gasteiger partial charge is 0.495 e. The summed E-state index contributed by atoms with van der Waals surface area (Å²) < 4.78 is 10.6. The molecule has 0 aliphatic rings. The lowest BCUT2D eigenvalue weighted by molar-refractivity contribution is -0.113. The normalized spacial score (nSPS) is 10.8. The summed E-state index contributed by atoms with van der Waals surface area (Å²) in [6, 6.07) is 8.89. The van der Waals surface area contributed by atoms with Crippen LogP contribution in [-0.4, -0.2) is 13.0 Å². The van der Waals surface area contributed by atoms with Crippen molar-refractivity contribution in [2.75, 3.05) is 7.11 Å². The number of hydrogen-bond donors (Lipinski definition) is 1. The number of carbonyl (C=O) groups excluding carboxylic acids is 1. The summed E-state index contributed by atoms with van der Waals surface area (Å²) in [6.07, 6.45) is 2.75. The molecule has 98 valence electrons. The highest BCUT2D eigenvalue weighted by Crippen LogP contribution is 2.31. The highest BCUT2D eigenvalue weighted by Gasteiger charge is 2.07. The predicted octanol–water partition coefficient (Wildman–Crippen LogP) is 3.11. The standard InChI is InChI=1S/C14H12ClNO3/c1-18-13-5-2-9(8-11(13)15)12-6-3-10(19-12)4-7-14(16)17/h2-8H,1H3,(H2,16,17)/b7-4+. The number of nitrogens with two attached hydrogens (primary N) is 1. The average molecular weight is 278 g/mol. The van der Waals surface area contributed by atoms with E-state index in [0.717, 1.165) is 5.56 Å². The molecule has 1 amide bonds. The maximum Gasteiger partial charge on any atom is 0.241 e. The van der Waals surface area contributed by atoms with Gasteiger partial charge in [0.25, 0.3) is 0 Å². The maximum atomic E-state index is 10.6. The third-order valence-corrected chi connectivity index (χ3v) is 2.77. The van der Waals surface area contributed by atoms with Crippen molar-refractivity contribution in [3.8, 4) is 17.1 Å². The van der Waals surface area contributed by atoms with Gasteiger partial charge in [-0.15, -0.1) is 0 Å². The van der Waals surface area contributed by atoms with Gasteiger partial charge in [0.1, 0.15) is 17.3 Å². The van der Waals surface area contributed by atoms with Crippen molar-refractivity contribution in [1.82, 2.24) is 0 Å². The Kier molecular flexibility index (Phi) is 3.92. The van der Waals surface area contributed by atoms with Crippen LogP contribution in [0.1, 0.15) is 5.76 Å². The smallest absolute Gasteiger partial charge is 0.241 e. The molecule has 0 unspecified atom stereocenters. The Bertz CT molecular complexity index is 631. The summed E-state index contributed by atoms with van der Waals surface area (Å²) in [5, 5.41) is 0.505. The first-order valence-corrected chi connectivity index (χ1v) is 5.89.